The Kier molecular flexibility index (Phi) is 7.26. The third-order valence-electron chi connectivity index (χ3n) is 1.80. The van der Waals surface area contributed by atoms with Crippen molar-refractivity contribution in [1.82, 2.24) is 4.90 Å². The Bertz CT molecular complexity index is 128. The van der Waals surface area contributed by atoms with Crippen molar-refractivity contribution in [2.75, 3.05) is 19.5 Å². The molecule has 0 aliphatic carbocycles. The van der Waals surface area contributed by atoms with Gasteiger partial charge in [0.05, 0.1) is 0 Å². The van der Waals surface area contributed by atoms with Crippen LogP contribution < -0.4 is 0 Å². The van der Waals surface area contributed by atoms with E-state index in [9.17, 15) is 4.79 Å². The standard InChI is InChI=1S/C9H18ClNO/c1-3-4-8-11(2)9(12)6-5-7-10/h3-8H2,1-2H3. The molecule has 0 fully saturated rings. The van der Waals surface area contributed by atoms with Crippen molar-refractivity contribution in [1.29, 1.82) is 0 Å². The topological polar surface area (TPSA) is 20.3 Å². The molecule has 0 radical (unpaired) electrons. The molecule has 0 N–H and O–H groups in total. The molecule has 1 amide bonds. The first kappa shape index (κ1) is 11.8. The lowest BCUT2D eigenvalue weighted by atomic mass is 10.3. The van der Waals surface area contributed by atoms with Crippen LogP contribution in [0.3, 0.4) is 0 Å². The fourth-order valence-electron chi connectivity index (χ4n) is 0.929. The van der Waals surface area contributed by atoms with Gasteiger partial charge in [-0.3, -0.25) is 4.79 Å². The average Bonchev–Trinajstić information content (AvgIpc) is 2.10. The Morgan fingerprint density at radius 3 is 2.58 bits per heavy atom. The van der Waals surface area contributed by atoms with Crippen LogP contribution in [0.15, 0.2) is 0 Å². The van der Waals surface area contributed by atoms with E-state index in [1.54, 1.807) is 4.90 Å². The molecular formula is C9H18ClNO. The van der Waals surface area contributed by atoms with Crippen LogP contribution in [0.2, 0.25) is 0 Å². The lowest BCUT2D eigenvalue weighted by Gasteiger charge is -2.15. The van der Waals surface area contributed by atoms with Gasteiger partial charge in [0.1, 0.15) is 0 Å². The maximum absolute atomic E-state index is 11.3. The molecule has 12 heavy (non-hydrogen) atoms. The number of hydrogen-bond acceptors (Lipinski definition) is 1. The zero-order chi connectivity index (χ0) is 9.40. The second-order valence-electron chi connectivity index (χ2n) is 2.96. The van der Waals surface area contributed by atoms with Crippen LogP contribution in [-0.4, -0.2) is 30.3 Å². The van der Waals surface area contributed by atoms with E-state index in [1.165, 1.54) is 0 Å². The van der Waals surface area contributed by atoms with E-state index < -0.39 is 0 Å². The summed E-state index contributed by atoms with van der Waals surface area (Å²) in [6.07, 6.45) is 3.59. The van der Waals surface area contributed by atoms with Gasteiger partial charge >= 0.3 is 0 Å². The van der Waals surface area contributed by atoms with Crippen molar-refractivity contribution in [3.8, 4) is 0 Å². The molecule has 0 aromatic carbocycles. The Hall–Kier alpha value is -0.240. The summed E-state index contributed by atoms with van der Waals surface area (Å²) in [4.78, 5) is 13.1. The predicted octanol–water partition coefficient (Wildman–Crippen LogP) is 2.26. The molecular weight excluding hydrogens is 174 g/mol. The van der Waals surface area contributed by atoms with E-state index >= 15 is 0 Å². The van der Waals surface area contributed by atoms with E-state index in [1.807, 2.05) is 7.05 Å². The summed E-state index contributed by atoms with van der Waals surface area (Å²) in [6, 6.07) is 0. The third-order valence-corrected chi connectivity index (χ3v) is 2.06. The van der Waals surface area contributed by atoms with Gasteiger partial charge in [-0.15, -0.1) is 11.6 Å². The minimum absolute atomic E-state index is 0.212. The molecule has 0 unspecified atom stereocenters. The lowest BCUT2D eigenvalue weighted by Crippen LogP contribution is -2.27. The summed E-state index contributed by atoms with van der Waals surface area (Å²) < 4.78 is 0. The number of carbonyl (C=O) groups excluding carboxylic acids is 1. The molecule has 0 aromatic heterocycles. The van der Waals surface area contributed by atoms with Crippen molar-refractivity contribution in [3.63, 3.8) is 0 Å². The van der Waals surface area contributed by atoms with Gasteiger partial charge in [0.15, 0.2) is 0 Å². The Morgan fingerprint density at radius 1 is 1.42 bits per heavy atom. The Balaban J connectivity index is 3.47. The van der Waals surface area contributed by atoms with Crippen LogP contribution in [0.5, 0.6) is 0 Å². The molecule has 0 aliphatic rings. The molecule has 0 heterocycles. The summed E-state index contributed by atoms with van der Waals surface area (Å²) in [5.74, 6) is 0.789. The van der Waals surface area contributed by atoms with E-state index in [4.69, 9.17) is 11.6 Å². The van der Waals surface area contributed by atoms with E-state index in [0.717, 1.165) is 25.8 Å². The highest BCUT2D eigenvalue weighted by molar-refractivity contribution is 6.17. The van der Waals surface area contributed by atoms with Crippen molar-refractivity contribution >= 4 is 17.5 Å². The smallest absolute Gasteiger partial charge is 0.222 e. The van der Waals surface area contributed by atoms with Crippen LogP contribution in [0.1, 0.15) is 32.6 Å². The second-order valence-corrected chi connectivity index (χ2v) is 3.34. The van der Waals surface area contributed by atoms with Gasteiger partial charge in [-0.05, 0) is 12.8 Å². The third kappa shape index (κ3) is 5.42. The molecule has 72 valence electrons. The summed E-state index contributed by atoms with van der Waals surface area (Å²) in [7, 11) is 1.85. The van der Waals surface area contributed by atoms with Crippen LogP contribution in [0.25, 0.3) is 0 Å². The highest BCUT2D eigenvalue weighted by atomic mass is 35.5. The van der Waals surface area contributed by atoms with Gasteiger partial charge < -0.3 is 4.90 Å². The van der Waals surface area contributed by atoms with Crippen molar-refractivity contribution in [2.24, 2.45) is 0 Å². The number of alkyl halides is 1. The minimum atomic E-state index is 0.212. The first-order valence-electron chi connectivity index (χ1n) is 4.52. The molecule has 0 saturated heterocycles. The number of hydrogen-bond donors (Lipinski definition) is 0. The van der Waals surface area contributed by atoms with Gasteiger partial charge in [-0.1, -0.05) is 13.3 Å². The number of nitrogens with zero attached hydrogens (tertiary/aromatic N) is 1. The van der Waals surface area contributed by atoms with Crippen LogP contribution in [0.4, 0.5) is 0 Å². The molecule has 0 rings (SSSR count). The molecule has 0 atom stereocenters. The molecule has 0 aliphatic heterocycles. The minimum Gasteiger partial charge on any atom is -0.346 e. The van der Waals surface area contributed by atoms with Crippen LogP contribution in [0, 0.1) is 0 Å². The van der Waals surface area contributed by atoms with Gasteiger partial charge in [-0.2, -0.15) is 0 Å². The normalized spacial score (nSPS) is 9.92. The Morgan fingerprint density at radius 2 is 2.08 bits per heavy atom. The molecule has 0 spiro atoms. The zero-order valence-electron chi connectivity index (χ0n) is 7.98. The fraction of sp³-hybridized carbons (Fsp3) is 0.889. The van der Waals surface area contributed by atoms with Crippen LogP contribution >= 0.6 is 11.6 Å². The number of unbranched alkanes of at least 4 members (excludes halogenated alkanes) is 1. The maximum Gasteiger partial charge on any atom is 0.222 e. The molecule has 3 heteroatoms. The first-order valence-corrected chi connectivity index (χ1v) is 5.05. The van der Waals surface area contributed by atoms with Crippen molar-refractivity contribution in [3.05, 3.63) is 0 Å². The van der Waals surface area contributed by atoms with Crippen molar-refractivity contribution in [2.45, 2.75) is 32.6 Å². The largest absolute Gasteiger partial charge is 0.346 e. The van der Waals surface area contributed by atoms with E-state index in [-0.39, 0.29) is 5.91 Å². The number of amides is 1. The van der Waals surface area contributed by atoms with Gasteiger partial charge in [0, 0.05) is 25.9 Å². The molecule has 0 saturated carbocycles. The molecule has 0 bridgehead atoms. The van der Waals surface area contributed by atoms with E-state index in [0.29, 0.717) is 12.3 Å². The lowest BCUT2D eigenvalue weighted by molar-refractivity contribution is -0.129. The zero-order valence-corrected chi connectivity index (χ0v) is 8.73. The highest BCUT2D eigenvalue weighted by Gasteiger charge is 2.06. The number of carbonyl (C=O) groups is 1. The second kappa shape index (κ2) is 7.41. The average molecular weight is 192 g/mol. The SMILES string of the molecule is CCCCN(C)C(=O)CCCCl. The predicted molar refractivity (Wildman–Crippen MR) is 52.5 cm³/mol. The first-order chi connectivity index (χ1) is 5.72. The quantitative estimate of drug-likeness (QED) is 0.590. The van der Waals surface area contributed by atoms with Crippen molar-refractivity contribution < 1.29 is 4.79 Å². The monoisotopic (exact) mass is 191 g/mol. The van der Waals surface area contributed by atoms with E-state index in [2.05, 4.69) is 6.92 Å². The summed E-state index contributed by atoms with van der Waals surface area (Å²) in [6.45, 7) is 2.99. The summed E-state index contributed by atoms with van der Waals surface area (Å²) in [5, 5.41) is 0. The highest BCUT2D eigenvalue weighted by Crippen LogP contribution is 1.99. The van der Waals surface area contributed by atoms with Gasteiger partial charge in [0.2, 0.25) is 5.91 Å². The van der Waals surface area contributed by atoms with Gasteiger partial charge in [-0.25, -0.2) is 0 Å². The Labute approximate surface area is 79.9 Å². The summed E-state index contributed by atoms with van der Waals surface area (Å²) in [5.41, 5.74) is 0. The maximum atomic E-state index is 11.3. The summed E-state index contributed by atoms with van der Waals surface area (Å²) >= 11 is 5.48. The van der Waals surface area contributed by atoms with Gasteiger partial charge in [0.25, 0.3) is 0 Å². The van der Waals surface area contributed by atoms with Crippen LogP contribution in [-0.2, 0) is 4.79 Å². The fourth-order valence-corrected chi connectivity index (χ4v) is 1.06. The molecule has 0 aromatic rings. The number of rotatable bonds is 6. The number of halogens is 1. The molecule has 2 nitrogen and oxygen atoms in total.